The molecule has 0 fully saturated rings. The van der Waals surface area contributed by atoms with Crippen LogP contribution < -0.4 is 10.9 Å². The van der Waals surface area contributed by atoms with Crippen LogP contribution in [0.2, 0.25) is 0 Å². The zero-order valence-corrected chi connectivity index (χ0v) is 9.49. The molecule has 0 spiro atoms. The van der Waals surface area contributed by atoms with Gasteiger partial charge < -0.3 is 5.73 Å². The second-order valence-corrected chi connectivity index (χ2v) is 4.80. The Kier molecular flexibility index (Phi) is 3.46. The Morgan fingerprint density at radius 3 is 2.38 bits per heavy atom. The first-order chi connectivity index (χ1) is 7.32. The number of carbonyl (C=O) groups is 1. The molecule has 1 amide bonds. The first kappa shape index (κ1) is 12.4. The summed E-state index contributed by atoms with van der Waals surface area (Å²) in [5, 5.41) is 5.04. The average molecular weight is 240 g/mol. The number of hydrogen-bond donors (Lipinski definition) is 2. The van der Waals surface area contributed by atoms with E-state index in [1.807, 2.05) is 0 Å². The summed E-state index contributed by atoms with van der Waals surface area (Å²) >= 11 is 0. The van der Waals surface area contributed by atoms with E-state index in [1.165, 1.54) is 19.1 Å². The highest BCUT2D eigenvalue weighted by Gasteiger charge is 2.12. The van der Waals surface area contributed by atoms with E-state index in [0.29, 0.717) is 5.56 Å². The van der Waals surface area contributed by atoms with Gasteiger partial charge >= 0.3 is 0 Å². The quantitative estimate of drug-likeness (QED) is 0.738. The maximum atomic E-state index is 11.2. The van der Waals surface area contributed by atoms with Crippen LogP contribution >= 0.6 is 0 Å². The Balaban J connectivity index is 3.37. The van der Waals surface area contributed by atoms with E-state index in [2.05, 4.69) is 0 Å². The fraction of sp³-hybridized carbons (Fsp3) is 0.100. The molecule has 0 aromatic heterocycles. The molecule has 1 aromatic carbocycles. The van der Waals surface area contributed by atoms with Crippen LogP contribution in [0.1, 0.15) is 12.5 Å². The van der Waals surface area contributed by atoms with Gasteiger partial charge in [-0.25, -0.2) is 13.6 Å². The number of hydrogen-bond acceptors (Lipinski definition) is 3. The molecular weight excluding hydrogens is 228 g/mol. The van der Waals surface area contributed by atoms with Gasteiger partial charge in [-0.2, -0.15) is 0 Å². The largest absolute Gasteiger partial charge is 0.366 e. The van der Waals surface area contributed by atoms with Crippen molar-refractivity contribution in [1.82, 2.24) is 0 Å². The van der Waals surface area contributed by atoms with Gasteiger partial charge in [-0.3, -0.25) is 4.79 Å². The summed E-state index contributed by atoms with van der Waals surface area (Å²) in [5.41, 5.74) is 5.66. The Labute approximate surface area is 93.8 Å². The summed E-state index contributed by atoms with van der Waals surface area (Å²) < 4.78 is 22.5. The molecule has 0 radical (unpaired) electrons. The summed E-state index contributed by atoms with van der Waals surface area (Å²) in [4.78, 5) is 10.8. The molecule has 0 aliphatic heterocycles. The highest BCUT2D eigenvalue weighted by atomic mass is 32.2. The maximum Gasteiger partial charge on any atom is 0.244 e. The number of amides is 1. The van der Waals surface area contributed by atoms with Crippen LogP contribution in [0.15, 0.2) is 34.7 Å². The molecule has 4 N–H and O–H groups in total. The summed E-state index contributed by atoms with van der Waals surface area (Å²) in [7, 11) is -3.80. The minimum Gasteiger partial charge on any atom is -0.366 e. The Bertz CT molecular complexity index is 547. The lowest BCUT2D eigenvalue weighted by Gasteiger charge is -2.03. The van der Waals surface area contributed by atoms with Gasteiger partial charge in [-0.05, 0) is 24.6 Å². The van der Waals surface area contributed by atoms with Crippen LogP contribution in [0.3, 0.4) is 0 Å². The Morgan fingerprint density at radius 2 is 1.88 bits per heavy atom. The van der Waals surface area contributed by atoms with Gasteiger partial charge in [-0.1, -0.05) is 18.2 Å². The Morgan fingerprint density at radius 1 is 1.31 bits per heavy atom. The van der Waals surface area contributed by atoms with Crippen molar-refractivity contribution in [2.45, 2.75) is 11.8 Å². The SMILES string of the molecule is C/C(=C\c1ccccc1S(N)(=O)=O)C(N)=O. The maximum absolute atomic E-state index is 11.2. The van der Waals surface area contributed by atoms with Crippen LogP contribution in [0, 0.1) is 0 Å². The lowest BCUT2D eigenvalue weighted by Crippen LogP contribution is -2.14. The number of primary amides is 1. The van der Waals surface area contributed by atoms with E-state index in [4.69, 9.17) is 10.9 Å². The van der Waals surface area contributed by atoms with Crippen molar-refractivity contribution < 1.29 is 13.2 Å². The van der Waals surface area contributed by atoms with Gasteiger partial charge in [-0.15, -0.1) is 0 Å². The van der Waals surface area contributed by atoms with Crippen LogP contribution in [-0.2, 0) is 14.8 Å². The second-order valence-electron chi connectivity index (χ2n) is 3.27. The van der Waals surface area contributed by atoms with Crippen LogP contribution in [0.5, 0.6) is 0 Å². The van der Waals surface area contributed by atoms with Gasteiger partial charge in [0.2, 0.25) is 15.9 Å². The van der Waals surface area contributed by atoms with Gasteiger partial charge in [0.1, 0.15) is 0 Å². The predicted octanol–water partition coefficient (Wildman–Crippen LogP) is 0.223. The van der Waals surface area contributed by atoms with Gasteiger partial charge in [0, 0.05) is 5.57 Å². The number of nitrogens with two attached hydrogens (primary N) is 2. The van der Waals surface area contributed by atoms with Gasteiger partial charge in [0.15, 0.2) is 0 Å². The minimum atomic E-state index is -3.80. The molecule has 1 aromatic rings. The molecular formula is C10H12N2O3S. The molecule has 0 aliphatic carbocycles. The normalized spacial score (nSPS) is 12.5. The first-order valence-electron chi connectivity index (χ1n) is 4.42. The lowest BCUT2D eigenvalue weighted by atomic mass is 10.1. The van der Waals surface area contributed by atoms with Crippen molar-refractivity contribution >= 4 is 22.0 Å². The third kappa shape index (κ3) is 2.91. The van der Waals surface area contributed by atoms with Crippen LogP contribution in [0.25, 0.3) is 6.08 Å². The van der Waals surface area contributed by atoms with E-state index in [1.54, 1.807) is 18.2 Å². The average Bonchev–Trinajstić information content (AvgIpc) is 2.16. The van der Waals surface area contributed by atoms with Gasteiger partial charge in [0.05, 0.1) is 4.90 Å². The summed E-state index contributed by atoms with van der Waals surface area (Å²) in [6, 6.07) is 6.12. The van der Waals surface area contributed by atoms with E-state index >= 15 is 0 Å². The summed E-state index contributed by atoms with van der Waals surface area (Å²) in [6.07, 6.45) is 1.39. The molecule has 0 saturated carbocycles. The van der Waals surface area contributed by atoms with E-state index in [0.717, 1.165) is 0 Å². The van der Waals surface area contributed by atoms with Crippen molar-refractivity contribution in [3.05, 3.63) is 35.4 Å². The molecule has 0 atom stereocenters. The number of rotatable bonds is 3. The smallest absolute Gasteiger partial charge is 0.244 e. The number of primary sulfonamides is 1. The minimum absolute atomic E-state index is 0.0319. The fourth-order valence-corrected chi connectivity index (χ4v) is 1.89. The molecule has 0 heterocycles. The Hall–Kier alpha value is -1.66. The monoisotopic (exact) mass is 240 g/mol. The second kappa shape index (κ2) is 4.46. The molecule has 5 nitrogen and oxygen atoms in total. The standard InChI is InChI=1S/C10H12N2O3S/c1-7(10(11)13)6-8-4-2-3-5-9(8)16(12,14)15/h2-6H,1H3,(H2,11,13)(H2,12,14,15)/b7-6+. The number of carbonyl (C=O) groups excluding carboxylic acids is 1. The molecule has 86 valence electrons. The summed E-state index contributed by atoms with van der Waals surface area (Å²) in [5.74, 6) is -0.607. The number of sulfonamides is 1. The van der Waals surface area contributed by atoms with E-state index in [9.17, 15) is 13.2 Å². The van der Waals surface area contributed by atoms with Crippen molar-refractivity contribution in [3.63, 3.8) is 0 Å². The van der Waals surface area contributed by atoms with Crippen molar-refractivity contribution in [3.8, 4) is 0 Å². The van der Waals surface area contributed by atoms with E-state index in [-0.39, 0.29) is 10.5 Å². The van der Waals surface area contributed by atoms with Crippen molar-refractivity contribution in [2.75, 3.05) is 0 Å². The van der Waals surface area contributed by atoms with Gasteiger partial charge in [0.25, 0.3) is 0 Å². The molecule has 1 rings (SSSR count). The molecule has 6 heteroatoms. The fourth-order valence-electron chi connectivity index (χ4n) is 1.16. The molecule has 0 bridgehead atoms. The van der Waals surface area contributed by atoms with Crippen LogP contribution in [-0.4, -0.2) is 14.3 Å². The molecule has 16 heavy (non-hydrogen) atoms. The predicted molar refractivity (Wildman–Crippen MR) is 60.7 cm³/mol. The molecule has 0 saturated heterocycles. The zero-order chi connectivity index (χ0) is 12.3. The highest BCUT2D eigenvalue weighted by Crippen LogP contribution is 2.16. The third-order valence-electron chi connectivity index (χ3n) is 1.99. The highest BCUT2D eigenvalue weighted by molar-refractivity contribution is 7.89. The number of benzene rings is 1. The van der Waals surface area contributed by atoms with Crippen molar-refractivity contribution in [2.24, 2.45) is 10.9 Å². The van der Waals surface area contributed by atoms with Crippen molar-refractivity contribution in [1.29, 1.82) is 0 Å². The molecule has 0 unspecified atom stereocenters. The third-order valence-corrected chi connectivity index (χ3v) is 2.97. The van der Waals surface area contributed by atoms with E-state index < -0.39 is 15.9 Å². The lowest BCUT2D eigenvalue weighted by molar-refractivity contribution is -0.114. The summed E-state index contributed by atoms with van der Waals surface area (Å²) in [6.45, 7) is 1.50. The first-order valence-corrected chi connectivity index (χ1v) is 5.97. The van der Waals surface area contributed by atoms with Crippen LogP contribution in [0.4, 0.5) is 0 Å². The zero-order valence-electron chi connectivity index (χ0n) is 8.67. The molecule has 0 aliphatic rings. The topological polar surface area (TPSA) is 103 Å².